The Labute approximate surface area is 105 Å². The molecule has 0 N–H and O–H groups in total. The number of nitrogens with zero attached hydrogens (tertiary/aromatic N) is 2. The average Bonchev–Trinajstić information content (AvgIpc) is 2.82. The first kappa shape index (κ1) is 10.7. The molecule has 0 saturated heterocycles. The van der Waals surface area contributed by atoms with Gasteiger partial charge in [0.1, 0.15) is 11.3 Å². The molecule has 0 spiro atoms. The van der Waals surface area contributed by atoms with Gasteiger partial charge in [0, 0.05) is 17.8 Å². The van der Waals surface area contributed by atoms with E-state index in [2.05, 4.69) is 9.97 Å². The molecule has 0 aliphatic carbocycles. The van der Waals surface area contributed by atoms with Crippen LogP contribution in [0.25, 0.3) is 22.6 Å². The van der Waals surface area contributed by atoms with Gasteiger partial charge in [-0.05, 0) is 30.7 Å². The first-order chi connectivity index (χ1) is 8.83. The van der Waals surface area contributed by atoms with Crippen molar-refractivity contribution in [2.45, 2.75) is 6.92 Å². The van der Waals surface area contributed by atoms with Crippen LogP contribution in [0.1, 0.15) is 18.4 Å². The van der Waals surface area contributed by atoms with Crippen molar-refractivity contribution in [3.63, 3.8) is 0 Å². The van der Waals surface area contributed by atoms with Crippen LogP contribution in [0.4, 0.5) is 0 Å². The van der Waals surface area contributed by atoms with Gasteiger partial charge in [0.25, 0.3) is 0 Å². The minimum atomic E-state index is 0.833. The van der Waals surface area contributed by atoms with Crippen molar-refractivity contribution in [3.05, 3.63) is 60.4 Å². The van der Waals surface area contributed by atoms with E-state index < -0.39 is 0 Å². The molecule has 3 rings (SSSR count). The van der Waals surface area contributed by atoms with E-state index in [0.29, 0.717) is 0 Å². The van der Waals surface area contributed by atoms with E-state index in [9.17, 15) is 0 Å². The largest absolute Gasteiger partial charge is 0.457 e. The third kappa shape index (κ3) is 2.02. The summed E-state index contributed by atoms with van der Waals surface area (Å²) >= 11 is 0. The zero-order valence-corrected chi connectivity index (χ0v) is 10.00. The van der Waals surface area contributed by atoms with Crippen LogP contribution in [-0.2, 0) is 0 Å². The topological polar surface area (TPSA) is 38.9 Å². The van der Waals surface area contributed by atoms with Gasteiger partial charge >= 0.3 is 0 Å². The van der Waals surface area contributed by atoms with Gasteiger partial charge in [0.15, 0.2) is 0 Å². The Hall–Kier alpha value is -2.42. The summed E-state index contributed by atoms with van der Waals surface area (Å²) < 4.78 is 5.74. The highest BCUT2D eigenvalue weighted by Crippen LogP contribution is 2.22. The molecular weight excluding hydrogens is 224 g/mol. The maximum absolute atomic E-state index is 5.74. The fourth-order valence-corrected chi connectivity index (χ4v) is 1.86. The molecule has 3 nitrogen and oxygen atoms in total. The Morgan fingerprint density at radius 3 is 2.89 bits per heavy atom. The summed E-state index contributed by atoms with van der Waals surface area (Å²) in [6, 6.07) is 9.99. The molecule has 0 unspecified atom stereocenters. The van der Waals surface area contributed by atoms with Gasteiger partial charge in [-0.25, -0.2) is 0 Å². The molecular formula is C15H12N2O. The molecule has 0 aliphatic heterocycles. The Morgan fingerprint density at radius 2 is 2.11 bits per heavy atom. The molecule has 0 aliphatic rings. The van der Waals surface area contributed by atoms with Crippen LogP contribution < -0.4 is 0 Å². The molecule has 3 heteroatoms. The molecule has 2 heterocycles. The predicted octanol–water partition coefficient (Wildman–Crippen LogP) is 3.78. The normalized spacial score (nSPS) is 11.9. The number of fused-ring (bicyclic) bond motifs is 1. The van der Waals surface area contributed by atoms with Crippen molar-refractivity contribution in [3.8, 4) is 0 Å². The van der Waals surface area contributed by atoms with Crippen LogP contribution in [0, 0.1) is 0 Å². The van der Waals surface area contributed by atoms with E-state index in [0.717, 1.165) is 28.0 Å². The Kier molecular flexibility index (Phi) is 2.65. The molecule has 2 aromatic heterocycles. The fourth-order valence-electron chi connectivity index (χ4n) is 1.86. The maximum atomic E-state index is 5.74. The third-order valence-corrected chi connectivity index (χ3v) is 2.77. The smallest absolute Gasteiger partial charge is 0.134 e. The zero-order valence-electron chi connectivity index (χ0n) is 10.00. The van der Waals surface area contributed by atoms with Gasteiger partial charge in [0.05, 0.1) is 11.9 Å². The van der Waals surface area contributed by atoms with Crippen molar-refractivity contribution < 1.29 is 4.42 Å². The number of hydrogen-bond acceptors (Lipinski definition) is 3. The average molecular weight is 236 g/mol. The maximum Gasteiger partial charge on any atom is 0.134 e. The molecule has 0 bridgehead atoms. The van der Waals surface area contributed by atoms with Crippen LogP contribution in [0.15, 0.2) is 53.3 Å². The van der Waals surface area contributed by atoms with Gasteiger partial charge < -0.3 is 4.42 Å². The SMILES string of the molecule is CC(=Cc1cc2ccccc2o1)c1cnccn1. The number of hydrogen-bond donors (Lipinski definition) is 0. The molecule has 1 aromatic carbocycles. The predicted molar refractivity (Wildman–Crippen MR) is 71.8 cm³/mol. The number of benzene rings is 1. The van der Waals surface area contributed by atoms with E-state index in [1.54, 1.807) is 18.6 Å². The molecule has 0 saturated carbocycles. The summed E-state index contributed by atoms with van der Waals surface area (Å²) in [5.41, 5.74) is 2.79. The molecule has 3 aromatic rings. The Morgan fingerprint density at radius 1 is 1.22 bits per heavy atom. The first-order valence-electron chi connectivity index (χ1n) is 5.76. The second-order valence-electron chi connectivity index (χ2n) is 4.10. The quantitative estimate of drug-likeness (QED) is 0.679. The summed E-state index contributed by atoms with van der Waals surface area (Å²) in [4.78, 5) is 8.31. The highest BCUT2D eigenvalue weighted by molar-refractivity contribution is 5.84. The van der Waals surface area contributed by atoms with E-state index in [-0.39, 0.29) is 0 Å². The van der Waals surface area contributed by atoms with Gasteiger partial charge in [-0.2, -0.15) is 0 Å². The summed E-state index contributed by atoms with van der Waals surface area (Å²) in [5.74, 6) is 0.833. The monoisotopic (exact) mass is 236 g/mol. The third-order valence-electron chi connectivity index (χ3n) is 2.77. The molecule has 18 heavy (non-hydrogen) atoms. The number of furan rings is 1. The van der Waals surface area contributed by atoms with Crippen LogP contribution in [0.5, 0.6) is 0 Å². The summed E-state index contributed by atoms with van der Waals surface area (Å²) in [5, 5.41) is 1.11. The van der Waals surface area contributed by atoms with Crippen molar-refractivity contribution in [2.75, 3.05) is 0 Å². The van der Waals surface area contributed by atoms with Crippen LogP contribution >= 0.6 is 0 Å². The number of para-hydroxylation sites is 1. The Balaban J connectivity index is 2.00. The van der Waals surface area contributed by atoms with Crippen molar-refractivity contribution in [1.29, 1.82) is 0 Å². The standard InChI is InChI=1S/C15H12N2O/c1-11(14-10-16-6-7-17-14)8-13-9-12-4-2-3-5-15(12)18-13/h2-10H,1H3. The van der Waals surface area contributed by atoms with Gasteiger partial charge in [-0.3, -0.25) is 9.97 Å². The number of rotatable bonds is 2. The molecule has 88 valence electrons. The van der Waals surface area contributed by atoms with E-state index >= 15 is 0 Å². The number of aromatic nitrogens is 2. The molecule has 0 amide bonds. The van der Waals surface area contributed by atoms with Crippen LogP contribution in [0.2, 0.25) is 0 Å². The second kappa shape index (κ2) is 4.45. The second-order valence-corrected chi connectivity index (χ2v) is 4.10. The van der Waals surface area contributed by atoms with Crippen LogP contribution in [0.3, 0.4) is 0 Å². The summed E-state index contributed by atoms with van der Waals surface area (Å²) in [6.07, 6.45) is 7.07. The fraction of sp³-hybridized carbons (Fsp3) is 0.0667. The zero-order chi connectivity index (χ0) is 12.4. The molecule has 0 fully saturated rings. The Bertz CT molecular complexity index is 666. The van der Waals surface area contributed by atoms with Gasteiger partial charge in [0.2, 0.25) is 0 Å². The lowest BCUT2D eigenvalue weighted by atomic mass is 10.2. The van der Waals surface area contributed by atoms with Crippen LogP contribution in [-0.4, -0.2) is 9.97 Å². The van der Waals surface area contributed by atoms with Crippen molar-refractivity contribution >= 4 is 22.6 Å². The first-order valence-corrected chi connectivity index (χ1v) is 5.76. The molecule has 0 atom stereocenters. The van der Waals surface area contributed by atoms with E-state index in [1.165, 1.54) is 0 Å². The highest BCUT2D eigenvalue weighted by atomic mass is 16.3. The lowest BCUT2D eigenvalue weighted by Crippen LogP contribution is -1.85. The van der Waals surface area contributed by atoms with Crippen molar-refractivity contribution in [1.82, 2.24) is 9.97 Å². The number of allylic oxidation sites excluding steroid dienone is 1. The lowest BCUT2D eigenvalue weighted by molar-refractivity contribution is 0.604. The van der Waals surface area contributed by atoms with Crippen molar-refractivity contribution in [2.24, 2.45) is 0 Å². The highest BCUT2D eigenvalue weighted by Gasteiger charge is 2.02. The minimum Gasteiger partial charge on any atom is -0.457 e. The molecule has 0 radical (unpaired) electrons. The van der Waals surface area contributed by atoms with Gasteiger partial charge in [-0.15, -0.1) is 0 Å². The van der Waals surface area contributed by atoms with E-state index in [4.69, 9.17) is 4.42 Å². The van der Waals surface area contributed by atoms with Gasteiger partial charge in [-0.1, -0.05) is 18.2 Å². The lowest BCUT2D eigenvalue weighted by Gasteiger charge is -1.97. The summed E-state index contributed by atoms with van der Waals surface area (Å²) in [7, 11) is 0. The van der Waals surface area contributed by atoms with E-state index in [1.807, 2.05) is 43.3 Å². The minimum absolute atomic E-state index is 0.833. The summed E-state index contributed by atoms with van der Waals surface area (Å²) in [6.45, 7) is 2.00.